The summed E-state index contributed by atoms with van der Waals surface area (Å²) in [7, 11) is 0. The molecule has 0 aromatic heterocycles. The third-order valence-electron chi connectivity index (χ3n) is 2.18. The van der Waals surface area contributed by atoms with E-state index in [0.29, 0.717) is 11.8 Å². The highest BCUT2D eigenvalue weighted by Gasteiger charge is 2.10. The highest BCUT2D eigenvalue weighted by Crippen LogP contribution is 2.18. The third-order valence-corrected chi connectivity index (χ3v) is 2.18. The first-order chi connectivity index (χ1) is 5.61. The zero-order chi connectivity index (χ0) is 9.56. The molecule has 0 spiro atoms. The van der Waals surface area contributed by atoms with E-state index in [1.807, 2.05) is 6.92 Å². The van der Waals surface area contributed by atoms with Gasteiger partial charge in [0.25, 0.3) is 0 Å². The van der Waals surface area contributed by atoms with Crippen molar-refractivity contribution < 1.29 is 0 Å². The molecule has 0 N–H and O–H groups in total. The fraction of sp³-hybridized carbons (Fsp3) is 0.667. The van der Waals surface area contributed by atoms with E-state index in [-0.39, 0.29) is 5.92 Å². The third kappa shape index (κ3) is 4.09. The van der Waals surface area contributed by atoms with Crippen molar-refractivity contribution in [3.63, 3.8) is 0 Å². The molecule has 0 aliphatic carbocycles. The molecule has 0 amide bonds. The Bertz CT molecular complexity index is 187. The Morgan fingerprint density at radius 1 is 1.25 bits per heavy atom. The maximum absolute atomic E-state index is 6.92. The van der Waals surface area contributed by atoms with Crippen LogP contribution in [0.15, 0.2) is 0 Å². The average molecular weight is 161 g/mol. The van der Waals surface area contributed by atoms with E-state index in [4.69, 9.17) is 12.8 Å². The van der Waals surface area contributed by atoms with E-state index in [1.165, 1.54) is 0 Å². The van der Waals surface area contributed by atoms with Crippen molar-refractivity contribution in [2.75, 3.05) is 0 Å². The van der Waals surface area contributed by atoms with Crippen molar-refractivity contribution in [1.82, 2.24) is 0 Å². The number of rotatable bonds is 4. The summed E-state index contributed by atoms with van der Waals surface area (Å²) in [6, 6.07) is 0. The van der Waals surface area contributed by atoms with Crippen LogP contribution >= 0.6 is 0 Å². The molecule has 65 valence electrons. The molecular formula is C12H17. The molecule has 12 heavy (non-hydrogen) atoms. The number of terminal acetylenes is 1. The molecule has 0 aromatic carbocycles. The highest BCUT2D eigenvalue weighted by molar-refractivity contribution is 4.95. The molecule has 0 heteroatoms. The molecule has 2 unspecified atom stereocenters. The fourth-order valence-electron chi connectivity index (χ4n) is 1.11. The summed E-state index contributed by atoms with van der Waals surface area (Å²) < 4.78 is 0. The van der Waals surface area contributed by atoms with Crippen LogP contribution in [-0.4, -0.2) is 0 Å². The minimum absolute atomic E-state index is 0.250. The van der Waals surface area contributed by atoms with Crippen LogP contribution < -0.4 is 0 Å². The summed E-state index contributed by atoms with van der Waals surface area (Å²) in [6.07, 6.45) is 14.3. The van der Waals surface area contributed by atoms with Gasteiger partial charge in [0.2, 0.25) is 0 Å². The van der Waals surface area contributed by atoms with Crippen LogP contribution in [0, 0.1) is 42.4 Å². The SMILES string of the molecule is [C]#CC(C)CCC(C#C)C(C)C. The van der Waals surface area contributed by atoms with Gasteiger partial charge in [0, 0.05) is 11.8 Å². The second-order valence-electron chi connectivity index (χ2n) is 3.64. The largest absolute Gasteiger partial charge is 0.120 e. The first-order valence-electron chi connectivity index (χ1n) is 4.50. The summed E-state index contributed by atoms with van der Waals surface area (Å²) in [5.74, 6) is 6.42. The Labute approximate surface area is 76.8 Å². The molecule has 0 rings (SSSR count). The normalized spacial score (nSPS) is 14.8. The zero-order valence-electron chi connectivity index (χ0n) is 8.22. The van der Waals surface area contributed by atoms with Crippen molar-refractivity contribution in [3.8, 4) is 18.3 Å². The summed E-state index contributed by atoms with van der Waals surface area (Å²) in [5, 5.41) is 0. The lowest BCUT2D eigenvalue weighted by Crippen LogP contribution is -2.07. The van der Waals surface area contributed by atoms with Crippen LogP contribution in [0.3, 0.4) is 0 Å². The first-order valence-corrected chi connectivity index (χ1v) is 4.50. The summed E-state index contributed by atoms with van der Waals surface area (Å²) in [6.45, 7) is 6.29. The molecule has 2 atom stereocenters. The van der Waals surface area contributed by atoms with Gasteiger partial charge in [-0.15, -0.1) is 12.3 Å². The van der Waals surface area contributed by atoms with E-state index < -0.39 is 0 Å². The lowest BCUT2D eigenvalue weighted by atomic mass is 9.89. The zero-order valence-corrected chi connectivity index (χ0v) is 8.22. The quantitative estimate of drug-likeness (QED) is 0.556. The summed E-state index contributed by atoms with van der Waals surface area (Å²) in [5.41, 5.74) is 0. The number of hydrogen-bond acceptors (Lipinski definition) is 0. The predicted octanol–water partition coefficient (Wildman–Crippen LogP) is 2.90. The lowest BCUT2D eigenvalue weighted by Gasteiger charge is -2.14. The van der Waals surface area contributed by atoms with Crippen LogP contribution in [0.2, 0.25) is 0 Å². The first kappa shape index (κ1) is 11.1. The Hall–Kier alpha value is -0.880. The van der Waals surface area contributed by atoms with Gasteiger partial charge in [-0.1, -0.05) is 26.7 Å². The van der Waals surface area contributed by atoms with Gasteiger partial charge in [-0.05, 0) is 25.2 Å². The molecule has 0 aliphatic rings. The minimum Gasteiger partial charge on any atom is -0.120 e. The molecule has 0 saturated heterocycles. The predicted molar refractivity (Wildman–Crippen MR) is 52.7 cm³/mol. The standard InChI is InChI=1S/C12H17/c1-6-11(5)8-9-12(7-2)10(3)4/h2,10-12H,8-9H2,3-5H3. The van der Waals surface area contributed by atoms with E-state index in [0.717, 1.165) is 12.8 Å². The van der Waals surface area contributed by atoms with Gasteiger partial charge >= 0.3 is 0 Å². The molecular weight excluding hydrogens is 144 g/mol. The molecule has 0 fully saturated rings. The summed E-state index contributed by atoms with van der Waals surface area (Å²) in [4.78, 5) is 0. The Morgan fingerprint density at radius 2 is 1.83 bits per heavy atom. The maximum Gasteiger partial charge on any atom is 0.0223 e. The van der Waals surface area contributed by atoms with Gasteiger partial charge < -0.3 is 0 Å². The molecule has 0 bridgehead atoms. The van der Waals surface area contributed by atoms with Gasteiger partial charge in [0.05, 0.1) is 0 Å². The Balaban J connectivity index is 3.77. The van der Waals surface area contributed by atoms with Gasteiger partial charge in [-0.2, -0.15) is 0 Å². The van der Waals surface area contributed by atoms with Crippen LogP contribution in [0.5, 0.6) is 0 Å². The molecule has 0 saturated carbocycles. The van der Waals surface area contributed by atoms with Crippen LogP contribution in [0.1, 0.15) is 33.6 Å². The van der Waals surface area contributed by atoms with Crippen LogP contribution in [0.4, 0.5) is 0 Å². The maximum atomic E-state index is 6.92. The monoisotopic (exact) mass is 161 g/mol. The summed E-state index contributed by atoms with van der Waals surface area (Å²) >= 11 is 0. The van der Waals surface area contributed by atoms with E-state index in [1.54, 1.807) is 0 Å². The van der Waals surface area contributed by atoms with E-state index in [2.05, 4.69) is 25.7 Å². The Kier molecular flexibility index (Phi) is 5.31. The number of hydrogen-bond donors (Lipinski definition) is 0. The van der Waals surface area contributed by atoms with Gasteiger partial charge in [-0.25, -0.2) is 0 Å². The van der Waals surface area contributed by atoms with Crippen molar-refractivity contribution >= 4 is 0 Å². The molecule has 0 aromatic rings. The van der Waals surface area contributed by atoms with Crippen molar-refractivity contribution in [2.45, 2.75) is 33.6 Å². The molecule has 1 radical (unpaired) electrons. The second kappa shape index (κ2) is 5.73. The van der Waals surface area contributed by atoms with Crippen LogP contribution in [0.25, 0.3) is 0 Å². The van der Waals surface area contributed by atoms with Gasteiger partial charge in [0.15, 0.2) is 0 Å². The van der Waals surface area contributed by atoms with Crippen LogP contribution in [-0.2, 0) is 0 Å². The van der Waals surface area contributed by atoms with Gasteiger partial charge in [-0.3, -0.25) is 0 Å². The molecule has 0 nitrogen and oxygen atoms in total. The van der Waals surface area contributed by atoms with Gasteiger partial charge in [0.1, 0.15) is 0 Å². The smallest absolute Gasteiger partial charge is 0.0223 e. The van der Waals surface area contributed by atoms with Crippen molar-refractivity contribution in [2.24, 2.45) is 17.8 Å². The highest BCUT2D eigenvalue weighted by atomic mass is 14.1. The molecule has 0 aliphatic heterocycles. The molecule has 0 heterocycles. The Morgan fingerprint density at radius 3 is 2.17 bits per heavy atom. The second-order valence-corrected chi connectivity index (χ2v) is 3.64. The van der Waals surface area contributed by atoms with Crippen molar-refractivity contribution in [3.05, 3.63) is 6.42 Å². The fourth-order valence-corrected chi connectivity index (χ4v) is 1.11. The van der Waals surface area contributed by atoms with E-state index in [9.17, 15) is 0 Å². The average Bonchev–Trinajstić information content (AvgIpc) is 2.04. The van der Waals surface area contributed by atoms with E-state index >= 15 is 0 Å². The minimum atomic E-state index is 0.250. The topological polar surface area (TPSA) is 0 Å². The van der Waals surface area contributed by atoms with Crippen molar-refractivity contribution in [1.29, 1.82) is 0 Å². The lowest BCUT2D eigenvalue weighted by molar-refractivity contribution is 0.420.